The van der Waals surface area contributed by atoms with Crippen molar-refractivity contribution in [1.29, 1.82) is 0 Å². The van der Waals surface area contributed by atoms with Crippen LogP contribution in [0, 0.1) is 13.0 Å². The molecule has 0 saturated carbocycles. The topological polar surface area (TPSA) is 64.1 Å². The Hall–Kier alpha value is -6.55. The Bertz CT molecular complexity index is 3440. The number of para-hydroxylation sites is 3. The number of nitrogens with zero attached hydrogens (tertiary/aromatic N) is 3. The normalized spacial score (nSPS) is 12.1. The van der Waals surface area contributed by atoms with Crippen molar-refractivity contribution in [2.45, 2.75) is 79.2 Å². The van der Waals surface area contributed by atoms with Crippen LogP contribution in [0.2, 0.25) is 0 Å². The first-order valence-electron chi connectivity index (χ1n) is 22.6. The Balaban J connectivity index is 0.00000548. The molecule has 6 heteroatoms. The quantitative estimate of drug-likeness (QED) is 0.162. The summed E-state index contributed by atoms with van der Waals surface area (Å²) in [6, 6.07) is 56.8. The van der Waals surface area contributed by atoms with Crippen LogP contribution in [0.15, 0.2) is 156 Å². The maximum atomic E-state index is 11.1. The summed E-state index contributed by atoms with van der Waals surface area (Å²) in [6.45, 7) is 20.2. The molecule has 0 amide bonds. The Labute approximate surface area is 402 Å². The van der Waals surface area contributed by atoms with Gasteiger partial charge < -0.3 is 14.1 Å². The summed E-state index contributed by atoms with van der Waals surface area (Å²) in [7, 11) is 0. The predicted molar refractivity (Wildman–Crippen MR) is 270 cm³/mol. The van der Waals surface area contributed by atoms with Crippen LogP contribution in [0.5, 0.6) is 5.75 Å². The Morgan fingerprint density at radius 1 is 0.545 bits per heavy atom. The standard InChI is InChI=1S/C60H54N3O2.Pt/c1-36(2)63-53-22-13-10-21-49(53)57(40-25-26-47-46-19-12-15-24-55(46)65-56(47)34-40)58(63)43-27-37(3)61-50(33-43)38-17-16-18-39(28-38)51-31-42(32-52(62-51)48-20-11-14-23-54(48)64)41-29-44(59(4,5)6)35-45(30-41)60(7,8)9;/h10-27,29-36,64H,1-9H3;/q-1;. The fourth-order valence-electron chi connectivity index (χ4n) is 9.29. The number of benzene rings is 6. The zero-order valence-corrected chi connectivity index (χ0v) is 41.3. The summed E-state index contributed by atoms with van der Waals surface area (Å²) >= 11 is 0. The fourth-order valence-corrected chi connectivity index (χ4v) is 9.29. The van der Waals surface area contributed by atoms with Crippen LogP contribution < -0.4 is 0 Å². The number of hydrogen-bond donors (Lipinski definition) is 1. The molecule has 1 N–H and O–H groups in total. The second kappa shape index (κ2) is 17.0. The molecule has 0 fully saturated rings. The van der Waals surface area contributed by atoms with Crippen molar-refractivity contribution in [3.63, 3.8) is 0 Å². The molecule has 0 aliphatic carbocycles. The third kappa shape index (κ3) is 8.20. The van der Waals surface area contributed by atoms with Gasteiger partial charge in [-0.05, 0) is 114 Å². The van der Waals surface area contributed by atoms with Gasteiger partial charge in [0.2, 0.25) is 0 Å². The van der Waals surface area contributed by atoms with E-state index in [0.717, 1.165) is 83.7 Å². The summed E-state index contributed by atoms with van der Waals surface area (Å²) in [5.41, 5.74) is 17.5. The largest absolute Gasteiger partial charge is 0.507 e. The van der Waals surface area contributed by atoms with E-state index >= 15 is 0 Å². The van der Waals surface area contributed by atoms with Crippen LogP contribution in [-0.2, 0) is 31.9 Å². The molecular formula is C60H54N3O2Pt-. The van der Waals surface area contributed by atoms with Gasteiger partial charge in [0.1, 0.15) is 16.9 Å². The average molecular weight is 1040 g/mol. The van der Waals surface area contributed by atoms with Crippen molar-refractivity contribution in [3.8, 4) is 73.0 Å². The number of phenolic OH excluding ortho intramolecular Hbond substituents is 1. The predicted octanol–water partition coefficient (Wildman–Crippen LogP) is 16.3. The first-order chi connectivity index (χ1) is 31.1. The van der Waals surface area contributed by atoms with E-state index in [9.17, 15) is 5.11 Å². The maximum Gasteiger partial charge on any atom is 0.136 e. The third-order valence-corrected chi connectivity index (χ3v) is 12.7. The molecule has 10 aromatic rings. The van der Waals surface area contributed by atoms with Gasteiger partial charge in [0.15, 0.2) is 0 Å². The summed E-state index contributed by atoms with van der Waals surface area (Å²) in [5.74, 6) is 0.187. The number of aromatic nitrogens is 3. The van der Waals surface area contributed by atoms with Gasteiger partial charge >= 0.3 is 0 Å². The number of rotatable bonds is 7. The van der Waals surface area contributed by atoms with E-state index in [1.165, 1.54) is 22.0 Å². The second-order valence-corrected chi connectivity index (χ2v) is 19.8. The van der Waals surface area contributed by atoms with Crippen molar-refractivity contribution in [3.05, 3.63) is 175 Å². The minimum absolute atomic E-state index is 0. The van der Waals surface area contributed by atoms with Crippen LogP contribution >= 0.6 is 0 Å². The van der Waals surface area contributed by atoms with E-state index in [1.54, 1.807) is 6.07 Å². The molecule has 0 radical (unpaired) electrons. The molecule has 4 aromatic heterocycles. The van der Waals surface area contributed by atoms with Crippen LogP contribution in [0.3, 0.4) is 0 Å². The van der Waals surface area contributed by atoms with Crippen LogP contribution in [0.25, 0.3) is 100 Å². The molecule has 66 heavy (non-hydrogen) atoms. The Kier molecular flexibility index (Phi) is 11.5. The molecule has 5 nitrogen and oxygen atoms in total. The first kappa shape index (κ1) is 44.6. The van der Waals surface area contributed by atoms with Gasteiger partial charge in [0.25, 0.3) is 0 Å². The number of hydrogen-bond acceptors (Lipinski definition) is 4. The molecule has 0 atom stereocenters. The maximum absolute atomic E-state index is 11.1. The van der Waals surface area contributed by atoms with Crippen LogP contribution in [0.1, 0.15) is 78.3 Å². The van der Waals surface area contributed by atoms with Crippen molar-refractivity contribution in [2.24, 2.45) is 0 Å². The minimum atomic E-state index is -0.0550. The SMILES string of the molecule is Cc1cc(-c2c(-c3ccc4c(c3)oc3ccccc34)c3ccccc3n2C(C)C)cc(-c2[c-]c(-c3cc(-c4cc(C(C)(C)C)cc(C(C)(C)C)c4)cc(-c4ccccc4O)n3)ccc2)n1.[Pt]. The molecule has 10 rings (SSSR count). The zero-order chi connectivity index (χ0) is 45.4. The minimum Gasteiger partial charge on any atom is -0.507 e. The molecule has 0 saturated heterocycles. The van der Waals surface area contributed by atoms with Crippen LogP contribution in [0.4, 0.5) is 0 Å². The number of aromatic hydroxyl groups is 1. The van der Waals surface area contributed by atoms with E-state index in [0.29, 0.717) is 11.3 Å². The van der Waals surface area contributed by atoms with Gasteiger partial charge in [0.05, 0.1) is 11.4 Å². The van der Waals surface area contributed by atoms with Gasteiger partial charge in [-0.25, -0.2) is 0 Å². The molecule has 4 heterocycles. The third-order valence-electron chi connectivity index (χ3n) is 12.7. The van der Waals surface area contributed by atoms with Crippen molar-refractivity contribution in [1.82, 2.24) is 14.5 Å². The Morgan fingerprint density at radius 3 is 1.83 bits per heavy atom. The second-order valence-electron chi connectivity index (χ2n) is 19.8. The average Bonchev–Trinajstić information content (AvgIpc) is 3.84. The van der Waals surface area contributed by atoms with Gasteiger partial charge in [-0.15, -0.1) is 24.3 Å². The molecule has 0 unspecified atom stereocenters. The van der Waals surface area contributed by atoms with Crippen molar-refractivity contribution >= 4 is 32.8 Å². The van der Waals surface area contributed by atoms with E-state index < -0.39 is 0 Å². The summed E-state index contributed by atoms with van der Waals surface area (Å²) < 4.78 is 8.90. The van der Waals surface area contributed by atoms with Gasteiger partial charge in [-0.1, -0.05) is 138 Å². The van der Waals surface area contributed by atoms with Gasteiger partial charge in [0, 0.05) is 77.0 Å². The van der Waals surface area contributed by atoms with E-state index in [1.807, 2.05) is 30.3 Å². The first-order valence-corrected chi connectivity index (χ1v) is 22.6. The number of furan rings is 1. The van der Waals surface area contributed by atoms with E-state index in [4.69, 9.17) is 14.4 Å². The van der Waals surface area contributed by atoms with E-state index in [2.05, 4.69) is 188 Å². The number of pyridine rings is 2. The van der Waals surface area contributed by atoms with Crippen LogP contribution in [-0.4, -0.2) is 19.6 Å². The summed E-state index contributed by atoms with van der Waals surface area (Å²) in [6.07, 6.45) is 0. The Morgan fingerprint density at radius 2 is 1.14 bits per heavy atom. The molecular weight excluding hydrogens is 990 g/mol. The van der Waals surface area contributed by atoms with Crippen molar-refractivity contribution < 1.29 is 30.6 Å². The number of phenols is 1. The molecule has 6 aromatic carbocycles. The summed E-state index contributed by atoms with van der Waals surface area (Å²) in [5, 5.41) is 14.5. The molecule has 332 valence electrons. The number of aryl methyl sites for hydroxylation is 1. The summed E-state index contributed by atoms with van der Waals surface area (Å²) in [4.78, 5) is 10.4. The van der Waals surface area contributed by atoms with E-state index in [-0.39, 0.29) is 43.7 Å². The van der Waals surface area contributed by atoms with Crippen molar-refractivity contribution in [2.75, 3.05) is 0 Å². The smallest absolute Gasteiger partial charge is 0.136 e. The fraction of sp³-hybridized carbons (Fsp3) is 0.200. The molecule has 0 aliphatic heterocycles. The molecule has 0 spiro atoms. The number of fused-ring (bicyclic) bond motifs is 4. The molecule has 0 bridgehead atoms. The molecule has 0 aliphatic rings. The monoisotopic (exact) mass is 1040 g/mol. The zero-order valence-electron chi connectivity index (χ0n) is 39.0. The van der Waals surface area contributed by atoms with Gasteiger partial charge in [-0.2, -0.15) is 0 Å². The van der Waals surface area contributed by atoms with Gasteiger partial charge in [-0.3, -0.25) is 9.97 Å².